The van der Waals surface area contributed by atoms with Crippen LogP contribution in [-0.4, -0.2) is 53.5 Å². The number of benzene rings is 2. The summed E-state index contributed by atoms with van der Waals surface area (Å²) in [4.78, 5) is 53.9. The van der Waals surface area contributed by atoms with E-state index in [4.69, 9.17) is 15.2 Å². The van der Waals surface area contributed by atoms with Gasteiger partial charge in [0, 0.05) is 18.2 Å². The molecule has 4 N–H and O–H groups in total. The summed E-state index contributed by atoms with van der Waals surface area (Å²) in [5.74, 6) is -0.851. The summed E-state index contributed by atoms with van der Waals surface area (Å²) in [6.07, 6.45) is 0.458. The molecule has 3 rings (SSSR count). The molecule has 216 valence electrons. The molecule has 10 heteroatoms. The Kier molecular flexibility index (Phi) is 9.78. The number of nitrogens with two attached hydrogens (primary N) is 1. The molecule has 0 heterocycles. The van der Waals surface area contributed by atoms with E-state index >= 15 is 0 Å². The van der Waals surface area contributed by atoms with Gasteiger partial charge in [0.25, 0.3) is 5.91 Å². The zero-order valence-corrected chi connectivity index (χ0v) is 24.1. The highest BCUT2D eigenvalue weighted by atomic mass is 16.6. The first-order chi connectivity index (χ1) is 18.8. The number of ether oxygens (including phenoxy) is 2. The number of aryl methyl sites for hydroxylation is 2. The van der Waals surface area contributed by atoms with Crippen LogP contribution in [-0.2, 0) is 19.1 Å². The summed E-state index contributed by atoms with van der Waals surface area (Å²) in [5.41, 5.74) is 7.79. The van der Waals surface area contributed by atoms with Gasteiger partial charge in [0.1, 0.15) is 23.4 Å². The molecule has 0 aromatic heterocycles. The summed E-state index contributed by atoms with van der Waals surface area (Å²) in [7, 11) is 1.56. The van der Waals surface area contributed by atoms with Crippen LogP contribution in [0.5, 0.6) is 5.75 Å². The Morgan fingerprint density at radius 1 is 1.02 bits per heavy atom. The van der Waals surface area contributed by atoms with Gasteiger partial charge >= 0.3 is 6.09 Å². The monoisotopic (exact) mass is 552 g/mol. The maximum absolute atomic E-state index is 14.2. The molecule has 1 fully saturated rings. The standard InChI is InChI=1S/C30H40N4O6/c1-18-7-8-20(17-19(18)2)26(27(36)32-21-9-13-23(39-6)14-10-21)34(22-11-12-22)28(37)24(15-16-25(31)35)33-29(38)40-30(3,4)5/h7-10,13-14,17,22,24,26H,11-12,15-16H2,1-6H3,(H2,31,35)(H,32,36)(H,33,38). The molecule has 2 unspecified atom stereocenters. The highest BCUT2D eigenvalue weighted by Crippen LogP contribution is 2.37. The number of hydrogen-bond acceptors (Lipinski definition) is 6. The number of carbonyl (C=O) groups is 4. The van der Waals surface area contributed by atoms with Gasteiger partial charge in [-0.05, 0) is 94.8 Å². The zero-order valence-electron chi connectivity index (χ0n) is 24.1. The third kappa shape index (κ3) is 8.46. The van der Waals surface area contributed by atoms with E-state index in [-0.39, 0.29) is 18.9 Å². The molecule has 2 aromatic carbocycles. The maximum Gasteiger partial charge on any atom is 0.408 e. The Hall–Kier alpha value is -4.08. The van der Waals surface area contributed by atoms with Gasteiger partial charge in [-0.2, -0.15) is 0 Å². The first-order valence-corrected chi connectivity index (χ1v) is 13.4. The summed E-state index contributed by atoms with van der Waals surface area (Å²) < 4.78 is 10.6. The molecule has 0 bridgehead atoms. The van der Waals surface area contributed by atoms with Crippen molar-refractivity contribution in [2.75, 3.05) is 12.4 Å². The van der Waals surface area contributed by atoms with Gasteiger partial charge in [-0.25, -0.2) is 4.79 Å². The van der Waals surface area contributed by atoms with Crippen molar-refractivity contribution in [3.8, 4) is 5.75 Å². The van der Waals surface area contributed by atoms with Crippen molar-refractivity contribution in [3.63, 3.8) is 0 Å². The van der Waals surface area contributed by atoms with Gasteiger partial charge in [-0.3, -0.25) is 14.4 Å². The smallest absolute Gasteiger partial charge is 0.408 e. The fourth-order valence-electron chi connectivity index (χ4n) is 4.30. The second-order valence-corrected chi connectivity index (χ2v) is 11.1. The lowest BCUT2D eigenvalue weighted by molar-refractivity contribution is -0.141. The van der Waals surface area contributed by atoms with Crippen LogP contribution >= 0.6 is 0 Å². The van der Waals surface area contributed by atoms with Crippen molar-refractivity contribution in [2.24, 2.45) is 5.73 Å². The Labute approximate surface area is 235 Å². The number of nitrogens with one attached hydrogen (secondary N) is 2. The second kappa shape index (κ2) is 12.8. The van der Waals surface area contributed by atoms with E-state index in [0.717, 1.165) is 11.1 Å². The molecule has 0 spiro atoms. The molecule has 1 aliphatic carbocycles. The quantitative estimate of drug-likeness (QED) is 0.383. The van der Waals surface area contributed by atoms with Crippen LogP contribution < -0.4 is 21.1 Å². The highest BCUT2D eigenvalue weighted by molar-refractivity contribution is 5.99. The van der Waals surface area contributed by atoms with Crippen molar-refractivity contribution in [1.29, 1.82) is 0 Å². The van der Waals surface area contributed by atoms with Crippen LogP contribution in [0.3, 0.4) is 0 Å². The molecule has 0 radical (unpaired) electrons. The molecule has 4 amide bonds. The topological polar surface area (TPSA) is 140 Å². The van der Waals surface area contributed by atoms with Gasteiger partial charge in [0.15, 0.2) is 0 Å². The fourth-order valence-corrected chi connectivity index (χ4v) is 4.30. The van der Waals surface area contributed by atoms with E-state index in [0.29, 0.717) is 29.8 Å². The van der Waals surface area contributed by atoms with Crippen LogP contribution in [0.2, 0.25) is 0 Å². The number of nitrogens with zero attached hydrogens (tertiary/aromatic N) is 1. The van der Waals surface area contributed by atoms with Crippen molar-refractivity contribution in [3.05, 3.63) is 59.2 Å². The molecule has 2 aromatic rings. The molecule has 40 heavy (non-hydrogen) atoms. The largest absolute Gasteiger partial charge is 0.497 e. The number of anilines is 1. The third-order valence-corrected chi connectivity index (χ3v) is 6.59. The van der Waals surface area contributed by atoms with Crippen molar-refractivity contribution in [1.82, 2.24) is 10.2 Å². The first-order valence-electron chi connectivity index (χ1n) is 13.4. The number of rotatable bonds is 11. The number of alkyl carbamates (subject to hydrolysis) is 1. The molecule has 10 nitrogen and oxygen atoms in total. The number of carbonyl (C=O) groups excluding carboxylic acids is 4. The van der Waals surface area contributed by atoms with Crippen LogP contribution in [0, 0.1) is 13.8 Å². The van der Waals surface area contributed by atoms with Crippen molar-refractivity contribution < 1.29 is 28.7 Å². The predicted molar refractivity (Wildman–Crippen MR) is 152 cm³/mol. The Morgan fingerprint density at radius 3 is 2.20 bits per heavy atom. The van der Waals surface area contributed by atoms with E-state index in [1.54, 1.807) is 52.1 Å². The molecule has 1 aliphatic rings. The van der Waals surface area contributed by atoms with Crippen LogP contribution in [0.1, 0.15) is 69.2 Å². The van der Waals surface area contributed by atoms with E-state index in [9.17, 15) is 19.2 Å². The average molecular weight is 553 g/mol. The molecule has 2 atom stereocenters. The average Bonchev–Trinajstić information content (AvgIpc) is 3.71. The Bertz CT molecular complexity index is 1230. The zero-order chi connectivity index (χ0) is 29.6. The number of hydrogen-bond donors (Lipinski definition) is 3. The molecule has 0 aliphatic heterocycles. The van der Waals surface area contributed by atoms with Gasteiger partial charge < -0.3 is 30.7 Å². The Morgan fingerprint density at radius 2 is 1.68 bits per heavy atom. The van der Waals surface area contributed by atoms with Gasteiger partial charge in [-0.1, -0.05) is 18.2 Å². The van der Waals surface area contributed by atoms with E-state index < -0.39 is 41.5 Å². The second-order valence-electron chi connectivity index (χ2n) is 11.1. The molecular weight excluding hydrogens is 512 g/mol. The number of amides is 4. The summed E-state index contributed by atoms with van der Waals surface area (Å²) >= 11 is 0. The number of methoxy groups -OCH3 is 1. The summed E-state index contributed by atoms with van der Waals surface area (Å²) in [6.45, 7) is 9.05. The fraction of sp³-hybridized carbons (Fsp3) is 0.467. The van der Waals surface area contributed by atoms with E-state index in [1.165, 1.54) is 4.90 Å². The lowest BCUT2D eigenvalue weighted by Crippen LogP contribution is -2.53. The van der Waals surface area contributed by atoms with Crippen LogP contribution in [0.15, 0.2) is 42.5 Å². The Balaban J connectivity index is 2.00. The molecule has 1 saturated carbocycles. The summed E-state index contributed by atoms with van der Waals surface area (Å²) in [6, 6.07) is 10.2. The predicted octanol–water partition coefficient (Wildman–Crippen LogP) is 4.14. The first kappa shape index (κ1) is 30.5. The lowest BCUT2D eigenvalue weighted by atomic mass is 9.97. The van der Waals surface area contributed by atoms with Crippen molar-refractivity contribution in [2.45, 2.75) is 84.0 Å². The SMILES string of the molecule is COc1ccc(NC(=O)C(c2ccc(C)c(C)c2)N(C(=O)C(CCC(N)=O)NC(=O)OC(C)(C)C)C2CC2)cc1. The normalized spacial score (nSPS) is 14.4. The minimum atomic E-state index is -1.12. The molecule has 0 saturated heterocycles. The highest BCUT2D eigenvalue weighted by Gasteiger charge is 2.44. The van der Waals surface area contributed by atoms with Crippen molar-refractivity contribution >= 4 is 29.5 Å². The lowest BCUT2D eigenvalue weighted by Gasteiger charge is -2.35. The van der Waals surface area contributed by atoms with Gasteiger partial charge in [0.2, 0.25) is 11.8 Å². The van der Waals surface area contributed by atoms with E-state index in [2.05, 4.69) is 10.6 Å². The minimum absolute atomic E-state index is 0.0314. The van der Waals surface area contributed by atoms with Crippen LogP contribution in [0.25, 0.3) is 0 Å². The minimum Gasteiger partial charge on any atom is -0.497 e. The summed E-state index contributed by atoms with van der Waals surface area (Å²) in [5, 5.41) is 5.54. The van der Waals surface area contributed by atoms with E-state index in [1.807, 2.05) is 32.0 Å². The molecular formula is C30H40N4O6. The number of primary amides is 1. The third-order valence-electron chi connectivity index (χ3n) is 6.59. The van der Waals surface area contributed by atoms with Crippen LogP contribution in [0.4, 0.5) is 10.5 Å². The van der Waals surface area contributed by atoms with Gasteiger partial charge in [0.05, 0.1) is 7.11 Å². The maximum atomic E-state index is 14.2. The van der Waals surface area contributed by atoms with Gasteiger partial charge in [-0.15, -0.1) is 0 Å².